The van der Waals surface area contributed by atoms with Crippen LogP contribution in [0.4, 0.5) is 5.69 Å². The van der Waals surface area contributed by atoms with E-state index in [0.29, 0.717) is 31.7 Å². The van der Waals surface area contributed by atoms with E-state index in [1.165, 1.54) is 6.08 Å². The lowest BCUT2D eigenvalue weighted by molar-refractivity contribution is -0.130. The van der Waals surface area contributed by atoms with Crippen LogP contribution in [0, 0.1) is 0 Å². The molecule has 1 aromatic rings. The maximum Gasteiger partial charge on any atom is 0.244 e. The van der Waals surface area contributed by atoms with Crippen LogP contribution < -0.4 is 11.1 Å². The molecule has 1 aromatic carbocycles. The van der Waals surface area contributed by atoms with Gasteiger partial charge in [0.25, 0.3) is 0 Å². The van der Waals surface area contributed by atoms with Gasteiger partial charge >= 0.3 is 0 Å². The number of carbonyl (C=O) groups excluding carboxylic acids is 2. The molecule has 0 atom stereocenters. The predicted molar refractivity (Wildman–Crippen MR) is 85.4 cm³/mol. The molecular weight excluding hydrogens is 266 g/mol. The van der Waals surface area contributed by atoms with Crippen LogP contribution >= 0.6 is 0 Å². The van der Waals surface area contributed by atoms with E-state index in [1.54, 1.807) is 23.1 Å². The number of carbonyl (C=O) groups is 2. The number of nitrogens with zero attached hydrogens (tertiary/aromatic N) is 1. The van der Waals surface area contributed by atoms with Crippen molar-refractivity contribution < 1.29 is 9.59 Å². The Bertz CT molecular complexity index is 491. The fourth-order valence-corrected chi connectivity index (χ4v) is 1.87. The van der Waals surface area contributed by atoms with Crippen LogP contribution in [0.5, 0.6) is 0 Å². The Morgan fingerprint density at radius 3 is 2.38 bits per heavy atom. The second-order valence-corrected chi connectivity index (χ2v) is 4.61. The van der Waals surface area contributed by atoms with Crippen LogP contribution in [-0.4, -0.2) is 36.3 Å². The first kappa shape index (κ1) is 16.8. The van der Waals surface area contributed by atoms with Crippen molar-refractivity contribution in [3.63, 3.8) is 0 Å². The van der Waals surface area contributed by atoms with E-state index >= 15 is 0 Å². The Morgan fingerprint density at radius 1 is 1.19 bits per heavy atom. The van der Waals surface area contributed by atoms with Crippen LogP contribution in [0.2, 0.25) is 0 Å². The molecule has 5 heteroatoms. The summed E-state index contributed by atoms with van der Waals surface area (Å²) < 4.78 is 0. The van der Waals surface area contributed by atoms with Crippen LogP contribution in [0.1, 0.15) is 25.8 Å². The summed E-state index contributed by atoms with van der Waals surface area (Å²) in [6.45, 7) is 5.62. The first-order chi connectivity index (χ1) is 10.1. The lowest BCUT2D eigenvalue weighted by atomic mass is 10.2. The van der Waals surface area contributed by atoms with Gasteiger partial charge in [0.1, 0.15) is 0 Å². The Morgan fingerprint density at radius 2 is 1.81 bits per heavy atom. The molecular formula is C16H23N3O2. The number of hydrogen-bond donors (Lipinski definition) is 2. The topological polar surface area (TPSA) is 75.4 Å². The number of benzene rings is 1. The second kappa shape index (κ2) is 8.79. The molecule has 0 aromatic heterocycles. The summed E-state index contributed by atoms with van der Waals surface area (Å²) in [7, 11) is 0. The van der Waals surface area contributed by atoms with E-state index in [0.717, 1.165) is 5.56 Å². The summed E-state index contributed by atoms with van der Waals surface area (Å²) in [6, 6.07) is 7.23. The van der Waals surface area contributed by atoms with Gasteiger partial charge in [-0.25, -0.2) is 0 Å². The molecule has 0 bridgehead atoms. The summed E-state index contributed by atoms with van der Waals surface area (Å²) in [5.41, 5.74) is 7.17. The highest BCUT2D eigenvalue weighted by atomic mass is 16.2. The van der Waals surface area contributed by atoms with Crippen molar-refractivity contribution in [1.29, 1.82) is 0 Å². The van der Waals surface area contributed by atoms with E-state index in [4.69, 9.17) is 5.73 Å². The van der Waals surface area contributed by atoms with Crippen molar-refractivity contribution in [2.45, 2.75) is 20.3 Å². The fraction of sp³-hybridized carbons (Fsp3) is 0.375. The molecule has 0 saturated carbocycles. The molecule has 5 nitrogen and oxygen atoms in total. The molecule has 114 valence electrons. The molecule has 0 heterocycles. The lowest BCUT2D eigenvalue weighted by Gasteiger charge is -2.18. The molecule has 0 unspecified atom stereocenters. The predicted octanol–water partition coefficient (Wildman–Crippen LogP) is 1.66. The van der Waals surface area contributed by atoms with E-state index < -0.39 is 0 Å². The second-order valence-electron chi connectivity index (χ2n) is 4.61. The van der Waals surface area contributed by atoms with Crippen LogP contribution in [0.25, 0.3) is 6.08 Å². The molecule has 0 saturated heterocycles. The third-order valence-electron chi connectivity index (χ3n) is 3.12. The van der Waals surface area contributed by atoms with Gasteiger partial charge in [-0.2, -0.15) is 0 Å². The molecule has 0 spiro atoms. The van der Waals surface area contributed by atoms with Crippen molar-refractivity contribution in [1.82, 2.24) is 10.2 Å². The van der Waals surface area contributed by atoms with E-state index in [2.05, 4.69) is 5.32 Å². The van der Waals surface area contributed by atoms with Gasteiger partial charge < -0.3 is 16.0 Å². The zero-order valence-corrected chi connectivity index (χ0v) is 12.6. The van der Waals surface area contributed by atoms with Crippen molar-refractivity contribution in [3.8, 4) is 0 Å². The highest BCUT2D eigenvalue weighted by molar-refractivity contribution is 5.92. The Kier molecular flexibility index (Phi) is 7.01. The van der Waals surface area contributed by atoms with E-state index in [9.17, 15) is 9.59 Å². The zero-order chi connectivity index (χ0) is 15.7. The van der Waals surface area contributed by atoms with E-state index in [1.807, 2.05) is 26.0 Å². The van der Waals surface area contributed by atoms with Gasteiger partial charge in [0.2, 0.25) is 11.8 Å². The molecule has 0 radical (unpaired) electrons. The Labute approximate surface area is 125 Å². The number of nitrogens with two attached hydrogens (primary N) is 1. The molecule has 0 fully saturated rings. The van der Waals surface area contributed by atoms with Gasteiger partial charge in [-0.1, -0.05) is 12.1 Å². The molecule has 0 aliphatic rings. The SMILES string of the molecule is CCN(CC)C(=O)CCNC(=O)/C=C/c1ccc(N)cc1. The molecule has 0 aliphatic heterocycles. The lowest BCUT2D eigenvalue weighted by Crippen LogP contribution is -2.33. The molecule has 0 aliphatic carbocycles. The third kappa shape index (κ3) is 6.12. The first-order valence-corrected chi connectivity index (χ1v) is 7.16. The minimum atomic E-state index is -0.209. The normalized spacial score (nSPS) is 10.6. The van der Waals surface area contributed by atoms with Gasteiger partial charge in [-0.05, 0) is 37.6 Å². The number of amides is 2. The average molecular weight is 289 g/mol. The van der Waals surface area contributed by atoms with Gasteiger partial charge in [0.05, 0.1) is 0 Å². The van der Waals surface area contributed by atoms with Gasteiger partial charge in [-0.15, -0.1) is 0 Å². The molecule has 21 heavy (non-hydrogen) atoms. The van der Waals surface area contributed by atoms with Crippen LogP contribution in [0.15, 0.2) is 30.3 Å². The number of hydrogen-bond acceptors (Lipinski definition) is 3. The van der Waals surface area contributed by atoms with Crippen molar-refractivity contribution in [3.05, 3.63) is 35.9 Å². The quantitative estimate of drug-likeness (QED) is 0.592. The highest BCUT2D eigenvalue weighted by Gasteiger charge is 2.08. The summed E-state index contributed by atoms with van der Waals surface area (Å²) in [6.07, 6.45) is 3.48. The standard InChI is InChI=1S/C16H23N3O2/c1-3-19(4-2)16(21)11-12-18-15(20)10-7-13-5-8-14(17)9-6-13/h5-10H,3-4,11-12,17H2,1-2H3,(H,18,20)/b10-7+. The van der Waals surface area contributed by atoms with Crippen molar-refractivity contribution in [2.24, 2.45) is 0 Å². The molecule has 1 rings (SSSR count). The highest BCUT2D eigenvalue weighted by Crippen LogP contribution is 2.06. The fourth-order valence-electron chi connectivity index (χ4n) is 1.87. The Balaban J connectivity index is 2.34. The largest absolute Gasteiger partial charge is 0.399 e. The van der Waals surface area contributed by atoms with Crippen LogP contribution in [-0.2, 0) is 9.59 Å². The summed E-state index contributed by atoms with van der Waals surface area (Å²) in [4.78, 5) is 25.1. The molecule has 3 N–H and O–H groups in total. The minimum absolute atomic E-state index is 0.0582. The third-order valence-corrected chi connectivity index (χ3v) is 3.12. The van der Waals surface area contributed by atoms with Gasteiger partial charge in [-0.3, -0.25) is 9.59 Å². The summed E-state index contributed by atoms with van der Waals surface area (Å²) in [5, 5.41) is 2.70. The smallest absolute Gasteiger partial charge is 0.244 e. The van der Waals surface area contributed by atoms with Gasteiger partial charge in [0, 0.05) is 37.8 Å². The zero-order valence-electron chi connectivity index (χ0n) is 12.6. The number of nitrogens with one attached hydrogen (secondary N) is 1. The van der Waals surface area contributed by atoms with Crippen LogP contribution in [0.3, 0.4) is 0 Å². The Hall–Kier alpha value is -2.30. The molecule has 2 amide bonds. The minimum Gasteiger partial charge on any atom is -0.399 e. The maximum atomic E-state index is 11.7. The van der Waals surface area contributed by atoms with Gasteiger partial charge in [0.15, 0.2) is 0 Å². The number of anilines is 1. The summed E-state index contributed by atoms with van der Waals surface area (Å²) >= 11 is 0. The average Bonchev–Trinajstić information content (AvgIpc) is 2.48. The monoisotopic (exact) mass is 289 g/mol. The number of nitrogen functional groups attached to an aromatic ring is 1. The number of rotatable bonds is 7. The van der Waals surface area contributed by atoms with E-state index in [-0.39, 0.29) is 11.8 Å². The maximum absolute atomic E-state index is 11.7. The van der Waals surface area contributed by atoms with Crippen molar-refractivity contribution >= 4 is 23.6 Å². The van der Waals surface area contributed by atoms with Crippen molar-refractivity contribution in [2.75, 3.05) is 25.4 Å². The summed E-state index contributed by atoms with van der Waals surface area (Å²) in [5.74, 6) is -0.151. The first-order valence-electron chi connectivity index (χ1n) is 7.16.